The van der Waals surface area contributed by atoms with Crippen molar-refractivity contribution in [2.24, 2.45) is 0 Å². The Bertz CT molecular complexity index is 399. The lowest BCUT2D eigenvalue weighted by atomic mass is 10.1. The van der Waals surface area contributed by atoms with Crippen molar-refractivity contribution in [1.29, 1.82) is 5.26 Å². The molecule has 17 heavy (non-hydrogen) atoms. The van der Waals surface area contributed by atoms with Crippen molar-refractivity contribution in [3.63, 3.8) is 0 Å². The van der Waals surface area contributed by atoms with Gasteiger partial charge in [0.05, 0.1) is 18.8 Å². The molecule has 92 valence electrons. The van der Waals surface area contributed by atoms with Gasteiger partial charge in [-0.3, -0.25) is 0 Å². The van der Waals surface area contributed by atoms with E-state index in [1.165, 1.54) is 0 Å². The Hall–Kier alpha value is -1.05. The minimum atomic E-state index is -0.554. The largest absolute Gasteiger partial charge is 0.493 e. The molecule has 1 N–H and O–H groups in total. The van der Waals surface area contributed by atoms with Crippen LogP contribution in [0.2, 0.25) is 0 Å². The summed E-state index contributed by atoms with van der Waals surface area (Å²) in [7, 11) is 0. The lowest BCUT2D eigenvalue weighted by Gasteiger charge is -2.13. The number of aliphatic hydroxyl groups is 1. The predicted octanol–water partition coefficient (Wildman–Crippen LogP) is 3.58. The minimum absolute atomic E-state index is 0.554. The number of ether oxygens (including phenoxy) is 1. The summed E-state index contributed by atoms with van der Waals surface area (Å²) in [6, 6.07) is 7.69. The molecular formula is C13H16BrNO2. The number of rotatable bonds is 6. The van der Waals surface area contributed by atoms with Crippen molar-refractivity contribution in [3.8, 4) is 11.8 Å². The minimum Gasteiger partial charge on any atom is -0.493 e. The monoisotopic (exact) mass is 297 g/mol. The zero-order valence-corrected chi connectivity index (χ0v) is 11.4. The van der Waals surface area contributed by atoms with Gasteiger partial charge in [0.25, 0.3) is 0 Å². The molecule has 0 spiro atoms. The summed E-state index contributed by atoms with van der Waals surface area (Å²) in [5, 5.41) is 18.0. The molecule has 0 heterocycles. The molecule has 1 aromatic carbocycles. The van der Waals surface area contributed by atoms with Crippen LogP contribution in [0.3, 0.4) is 0 Å². The van der Waals surface area contributed by atoms with Gasteiger partial charge in [-0.25, -0.2) is 0 Å². The first-order valence-electron chi connectivity index (χ1n) is 5.62. The van der Waals surface area contributed by atoms with Crippen molar-refractivity contribution >= 4 is 15.9 Å². The maximum atomic E-state index is 9.63. The summed E-state index contributed by atoms with van der Waals surface area (Å²) in [5.74, 6) is 0.708. The second-order valence-electron chi connectivity index (χ2n) is 3.82. The Morgan fingerprint density at radius 3 is 2.88 bits per heavy atom. The highest BCUT2D eigenvalue weighted by molar-refractivity contribution is 9.10. The Balaban J connectivity index is 2.55. The van der Waals surface area contributed by atoms with Gasteiger partial charge >= 0.3 is 0 Å². The van der Waals surface area contributed by atoms with Gasteiger partial charge < -0.3 is 9.84 Å². The van der Waals surface area contributed by atoms with E-state index in [4.69, 9.17) is 10.00 Å². The lowest BCUT2D eigenvalue weighted by Crippen LogP contribution is -2.02. The second kappa shape index (κ2) is 7.31. The second-order valence-corrected chi connectivity index (χ2v) is 4.74. The summed E-state index contributed by atoms with van der Waals surface area (Å²) in [6.07, 6.45) is 1.70. The molecule has 1 aromatic rings. The van der Waals surface area contributed by atoms with Crippen LogP contribution in [0.15, 0.2) is 22.7 Å². The maximum absolute atomic E-state index is 9.63. The van der Waals surface area contributed by atoms with E-state index in [9.17, 15) is 5.11 Å². The summed E-state index contributed by atoms with van der Waals surface area (Å²) in [4.78, 5) is 0. The zero-order chi connectivity index (χ0) is 12.7. The van der Waals surface area contributed by atoms with Crippen molar-refractivity contribution < 1.29 is 9.84 Å². The highest BCUT2D eigenvalue weighted by Gasteiger charge is 2.09. The molecule has 1 atom stereocenters. The number of nitrogens with zero attached hydrogens (tertiary/aromatic N) is 1. The fourth-order valence-corrected chi connectivity index (χ4v) is 1.84. The van der Waals surface area contributed by atoms with Crippen LogP contribution in [0.4, 0.5) is 0 Å². The Labute approximate surface area is 110 Å². The lowest BCUT2D eigenvalue weighted by molar-refractivity contribution is 0.190. The third-order valence-electron chi connectivity index (χ3n) is 2.36. The third-order valence-corrected chi connectivity index (χ3v) is 2.86. The first-order chi connectivity index (χ1) is 8.15. The molecule has 0 saturated heterocycles. The van der Waals surface area contributed by atoms with Gasteiger partial charge in [-0.2, -0.15) is 5.26 Å². The van der Waals surface area contributed by atoms with Gasteiger partial charge in [0.2, 0.25) is 0 Å². The van der Waals surface area contributed by atoms with Gasteiger partial charge in [0, 0.05) is 16.5 Å². The number of halogens is 1. The Morgan fingerprint density at radius 1 is 1.47 bits per heavy atom. The number of aliphatic hydroxyl groups excluding tert-OH is 1. The smallest absolute Gasteiger partial charge is 0.125 e. The predicted molar refractivity (Wildman–Crippen MR) is 69.7 cm³/mol. The normalized spacial score (nSPS) is 11.9. The van der Waals surface area contributed by atoms with Crippen molar-refractivity contribution in [1.82, 2.24) is 0 Å². The highest BCUT2D eigenvalue weighted by atomic mass is 79.9. The molecule has 0 unspecified atom stereocenters. The summed E-state index contributed by atoms with van der Waals surface area (Å²) < 4.78 is 6.53. The van der Waals surface area contributed by atoms with E-state index in [0.717, 1.165) is 22.9 Å². The quantitative estimate of drug-likeness (QED) is 0.817. The summed E-state index contributed by atoms with van der Waals surface area (Å²) >= 11 is 3.36. The van der Waals surface area contributed by atoms with E-state index in [1.54, 1.807) is 6.92 Å². The third kappa shape index (κ3) is 4.76. The standard InChI is InChI=1S/C13H16BrNO2/c1-10(16)12-9-11(14)5-6-13(12)17-8-4-2-3-7-15/h5-6,9-10,16H,2-4,8H2,1H3/t10-/m1/s1. The molecule has 0 aromatic heterocycles. The molecule has 0 aliphatic rings. The van der Waals surface area contributed by atoms with Crippen LogP contribution in [-0.2, 0) is 0 Å². The molecule has 0 bridgehead atoms. The maximum Gasteiger partial charge on any atom is 0.125 e. The Kier molecular flexibility index (Phi) is 6.03. The molecule has 0 saturated carbocycles. The van der Waals surface area contributed by atoms with Crippen LogP contribution < -0.4 is 4.74 Å². The number of benzene rings is 1. The number of hydrogen-bond donors (Lipinski definition) is 1. The van der Waals surface area contributed by atoms with Crippen molar-refractivity contribution in [2.45, 2.75) is 32.3 Å². The molecule has 0 amide bonds. The molecule has 0 aliphatic carbocycles. The topological polar surface area (TPSA) is 53.2 Å². The molecule has 1 rings (SSSR count). The SMILES string of the molecule is C[C@@H](O)c1cc(Br)ccc1OCCCCC#N. The average Bonchev–Trinajstić information content (AvgIpc) is 2.30. The van der Waals surface area contributed by atoms with Crippen LogP contribution in [0.1, 0.15) is 37.9 Å². The van der Waals surface area contributed by atoms with E-state index < -0.39 is 6.10 Å². The fraction of sp³-hybridized carbons (Fsp3) is 0.462. The number of unbranched alkanes of at least 4 members (excludes halogenated alkanes) is 2. The number of hydrogen-bond acceptors (Lipinski definition) is 3. The first kappa shape index (κ1) is 14.0. The Morgan fingerprint density at radius 2 is 2.24 bits per heavy atom. The van der Waals surface area contributed by atoms with E-state index >= 15 is 0 Å². The molecule has 0 radical (unpaired) electrons. The molecule has 0 fully saturated rings. The molecular weight excluding hydrogens is 282 g/mol. The highest BCUT2D eigenvalue weighted by Crippen LogP contribution is 2.28. The summed E-state index contributed by atoms with van der Waals surface area (Å²) in [5.41, 5.74) is 0.777. The van der Waals surface area contributed by atoms with E-state index in [0.29, 0.717) is 18.8 Å². The van der Waals surface area contributed by atoms with Crippen LogP contribution in [0.25, 0.3) is 0 Å². The van der Waals surface area contributed by atoms with E-state index in [2.05, 4.69) is 22.0 Å². The number of nitriles is 1. The van der Waals surface area contributed by atoms with Gasteiger partial charge in [0.15, 0.2) is 0 Å². The molecule has 0 aliphatic heterocycles. The van der Waals surface area contributed by atoms with Crippen molar-refractivity contribution in [3.05, 3.63) is 28.2 Å². The van der Waals surface area contributed by atoms with Gasteiger partial charge in [-0.15, -0.1) is 0 Å². The van der Waals surface area contributed by atoms with Crippen LogP contribution >= 0.6 is 15.9 Å². The fourth-order valence-electron chi connectivity index (χ4n) is 1.47. The van der Waals surface area contributed by atoms with Crippen molar-refractivity contribution in [2.75, 3.05) is 6.61 Å². The van der Waals surface area contributed by atoms with Crippen LogP contribution in [0, 0.1) is 11.3 Å². The molecule has 3 nitrogen and oxygen atoms in total. The van der Waals surface area contributed by atoms with E-state index in [-0.39, 0.29) is 0 Å². The van der Waals surface area contributed by atoms with Crippen LogP contribution in [-0.4, -0.2) is 11.7 Å². The first-order valence-corrected chi connectivity index (χ1v) is 6.41. The van der Waals surface area contributed by atoms with Gasteiger partial charge in [-0.05, 0) is 38.0 Å². The molecule has 4 heteroatoms. The summed E-state index contributed by atoms with van der Waals surface area (Å²) in [6.45, 7) is 2.29. The van der Waals surface area contributed by atoms with Gasteiger partial charge in [0.1, 0.15) is 5.75 Å². The van der Waals surface area contributed by atoms with Crippen LogP contribution in [0.5, 0.6) is 5.75 Å². The average molecular weight is 298 g/mol. The van der Waals surface area contributed by atoms with Gasteiger partial charge in [-0.1, -0.05) is 15.9 Å². The zero-order valence-electron chi connectivity index (χ0n) is 9.82. The van der Waals surface area contributed by atoms with E-state index in [1.807, 2.05) is 18.2 Å².